The molecule has 0 aliphatic heterocycles. The van der Waals surface area contributed by atoms with Crippen molar-refractivity contribution in [2.45, 2.75) is 32.6 Å². The summed E-state index contributed by atoms with van der Waals surface area (Å²) in [7, 11) is 3.58. The van der Waals surface area contributed by atoms with E-state index in [1.807, 2.05) is 25.8 Å². The highest BCUT2D eigenvalue weighted by atomic mass is 35.5. The lowest BCUT2D eigenvalue weighted by Crippen LogP contribution is -2.35. The van der Waals surface area contributed by atoms with Gasteiger partial charge in [0, 0.05) is 32.1 Å². The zero-order valence-corrected chi connectivity index (χ0v) is 13.2. The molecule has 110 valence electrons. The Balaban J connectivity index is 2.20. The van der Waals surface area contributed by atoms with Crippen LogP contribution in [0, 0.1) is 12.8 Å². The Morgan fingerprint density at radius 3 is 2.70 bits per heavy atom. The van der Waals surface area contributed by atoms with Crippen LogP contribution < -0.4 is 10.2 Å². The van der Waals surface area contributed by atoms with Gasteiger partial charge in [0.2, 0.25) is 5.91 Å². The standard InChI is InChI=1S/C14H21ClN4O/c1-8(14(20)16-3)7-19(4)13-9(2)11(15)17-12(18-13)10-5-6-10/h8,10H,5-7H2,1-4H3,(H,16,20). The molecule has 1 aliphatic rings. The van der Waals surface area contributed by atoms with Crippen LogP contribution in [0.2, 0.25) is 5.15 Å². The maximum absolute atomic E-state index is 11.6. The van der Waals surface area contributed by atoms with Gasteiger partial charge in [-0.3, -0.25) is 4.79 Å². The van der Waals surface area contributed by atoms with E-state index in [9.17, 15) is 4.79 Å². The third-order valence-corrected chi connectivity index (χ3v) is 3.99. The van der Waals surface area contributed by atoms with Gasteiger partial charge < -0.3 is 10.2 Å². The number of nitrogens with one attached hydrogen (secondary N) is 1. The first-order valence-electron chi connectivity index (χ1n) is 6.90. The molecule has 0 spiro atoms. The van der Waals surface area contributed by atoms with Crippen LogP contribution >= 0.6 is 11.6 Å². The lowest BCUT2D eigenvalue weighted by atomic mass is 10.1. The van der Waals surface area contributed by atoms with Crippen LogP contribution in [0.1, 0.15) is 37.1 Å². The van der Waals surface area contributed by atoms with E-state index in [1.165, 1.54) is 0 Å². The van der Waals surface area contributed by atoms with Crippen molar-refractivity contribution in [3.05, 3.63) is 16.5 Å². The molecule has 1 unspecified atom stereocenters. The summed E-state index contributed by atoms with van der Waals surface area (Å²) < 4.78 is 0. The Kier molecular flexibility index (Phi) is 4.48. The molecule has 1 aliphatic carbocycles. The van der Waals surface area contributed by atoms with Crippen molar-refractivity contribution in [3.8, 4) is 0 Å². The topological polar surface area (TPSA) is 58.1 Å². The summed E-state index contributed by atoms with van der Waals surface area (Å²) in [5.74, 6) is 2.02. The highest BCUT2D eigenvalue weighted by Crippen LogP contribution is 2.39. The second-order valence-electron chi connectivity index (χ2n) is 5.49. The molecule has 0 bridgehead atoms. The van der Waals surface area contributed by atoms with E-state index in [0.717, 1.165) is 30.0 Å². The SMILES string of the molecule is CNC(=O)C(C)CN(C)c1nc(C2CC2)nc(Cl)c1C. The second kappa shape index (κ2) is 5.95. The Morgan fingerprint density at radius 1 is 1.50 bits per heavy atom. The van der Waals surface area contributed by atoms with Crippen LogP contribution in [-0.4, -0.2) is 36.5 Å². The minimum Gasteiger partial charge on any atom is -0.359 e. The lowest BCUT2D eigenvalue weighted by molar-refractivity contribution is -0.123. The third-order valence-electron chi connectivity index (χ3n) is 3.62. The Labute approximate surface area is 124 Å². The molecular formula is C14H21ClN4O. The van der Waals surface area contributed by atoms with E-state index in [4.69, 9.17) is 11.6 Å². The van der Waals surface area contributed by atoms with E-state index >= 15 is 0 Å². The van der Waals surface area contributed by atoms with Crippen molar-refractivity contribution >= 4 is 23.3 Å². The Morgan fingerprint density at radius 2 is 2.15 bits per heavy atom. The van der Waals surface area contributed by atoms with Gasteiger partial charge in [0.15, 0.2) is 0 Å². The van der Waals surface area contributed by atoms with Crippen LogP contribution in [0.25, 0.3) is 0 Å². The van der Waals surface area contributed by atoms with Crippen molar-refractivity contribution in [2.75, 3.05) is 25.5 Å². The van der Waals surface area contributed by atoms with Crippen molar-refractivity contribution in [3.63, 3.8) is 0 Å². The fourth-order valence-electron chi connectivity index (χ4n) is 2.22. The Bertz CT molecular complexity index is 516. The number of nitrogens with zero attached hydrogens (tertiary/aromatic N) is 3. The third kappa shape index (κ3) is 3.20. The van der Waals surface area contributed by atoms with E-state index in [-0.39, 0.29) is 11.8 Å². The molecule has 1 fully saturated rings. The zero-order valence-electron chi connectivity index (χ0n) is 12.4. The number of amides is 1. The molecule has 0 radical (unpaired) electrons. The first-order chi connectivity index (χ1) is 9.43. The van der Waals surface area contributed by atoms with E-state index in [2.05, 4.69) is 15.3 Å². The van der Waals surface area contributed by atoms with Crippen LogP contribution in [0.4, 0.5) is 5.82 Å². The molecule has 1 amide bonds. The van der Waals surface area contributed by atoms with Crippen molar-refractivity contribution < 1.29 is 4.79 Å². The molecule has 0 aromatic carbocycles. The predicted molar refractivity (Wildman–Crippen MR) is 80.3 cm³/mol. The molecule has 20 heavy (non-hydrogen) atoms. The van der Waals surface area contributed by atoms with Crippen molar-refractivity contribution in [1.29, 1.82) is 0 Å². The van der Waals surface area contributed by atoms with E-state index < -0.39 is 0 Å². The molecule has 5 nitrogen and oxygen atoms in total. The molecule has 1 heterocycles. The average molecular weight is 297 g/mol. The molecule has 1 aromatic heterocycles. The maximum atomic E-state index is 11.6. The molecule has 1 saturated carbocycles. The molecule has 0 saturated heterocycles. The van der Waals surface area contributed by atoms with Gasteiger partial charge in [0.1, 0.15) is 16.8 Å². The van der Waals surface area contributed by atoms with Crippen LogP contribution in [-0.2, 0) is 4.79 Å². The predicted octanol–water partition coefficient (Wildman–Crippen LogP) is 2.13. The molecule has 1 atom stereocenters. The number of carbonyl (C=O) groups is 1. The smallest absolute Gasteiger partial charge is 0.224 e. The van der Waals surface area contributed by atoms with E-state index in [1.54, 1.807) is 7.05 Å². The van der Waals surface area contributed by atoms with Crippen molar-refractivity contribution in [2.24, 2.45) is 5.92 Å². The number of hydrogen-bond donors (Lipinski definition) is 1. The maximum Gasteiger partial charge on any atom is 0.224 e. The second-order valence-corrected chi connectivity index (χ2v) is 5.85. The van der Waals surface area contributed by atoms with Gasteiger partial charge in [-0.2, -0.15) is 0 Å². The molecular weight excluding hydrogens is 276 g/mol. The summed E-state index contributed by atoms with van der Waals surface area (Å²) >= 11 is 6.20. The average Bonchev–Trinajstić information content (AvgIpc) is 3.24. The fraction of sp³-hybridized carbons (Fsp3) is 0.643. The largest absolute Gasteiger partial charge is 0.359 e. The van der Waals surface area contributed by atoms with Gasteiger partial charge in [-0.1, -0.05) is 18.5 Å². The normalized spacial score (nSPS) is 15.8. The molecule has 1 aromatic rings. The monoisotopic (exact) mass is 296 g/mol. The van der Waals surface area contributed by atoms with E-state index in [0.29, 0.717) is 17.6 Å². The number of anilines is 1. The van der Waals surface area contributed by atoms with Crippen LogP contribution in [0.3, 0.4) is 0 Å². The molecule has 2 rings (SSSR count). The van der Waals surface area contributed by atoms with Crippen LogP contribution in [0.15, 0.2) is 0 Å². The van der Waals surface area contributed by atoms with Gasteiger partial charge in [-0.15, -0.1) is 0 Å². The molecule has 6 heteroatoms. The summed E-state index contributed by atoms with van der Waals surface area (Å²) in [6.07, 6.45) is 2.27. The minimum absolute atomic E-state index is 0.0251. The Hall–Kier alpha value is -1.36. The van der Waals surface area contributed by atoms with Gasteiger partial charge in [0.05, 0.1) is 5.92 Å². The van der Waals surface area contributed by atoms with Gasteiger partial charge in [-0.25, -0.2) is 9.97 Å². The number of halogens is 1. The summed E-state index contributed by atoms with van der Waals surface area (Å²) in [5.41, 5.74) is 0.864. The first-order valence-corrected chi connectivity index (χ1v) is 7.28. The quantitative estimate of drug-likeness (QED) is 0.846. The first kappa shape index (κ1) is 15.0. The number of carbonyl (C=O) groups excluding carboxylic acids is 1. The summed E-state index contributed by atoms with van der Waals surface area (Å²) in [4.78, 5) is 22.6. The molecule has 1 N–H and O–H groups in total. The number of rotatable bonds is 5. The van der Waals surface area contributed by atoms with Crippen molar-refractivity contribution in [1.82, 2.24) is 15.3 Å². The number of aromatic nitrogens is 2. The lowest BCUT2D eigenvalue weighted by Gasteiger charge is -2.24. The zero-order chi connectivity index (χ0) is 14.9. The highest BCUT2D eigenvalue weighted by Gasteiger charge is 2.28. The summed E-state index contributed by atoms with van der Waals surface area (Å²) in [6, 6.07) is 0. The summed E-state index contributed by atoms with van der Waals surface area (Å²) in [6.45, 7) is 4.41. The van der Waals surface area contributed by atoms with Gasteiger partial charge >= 0.3 is 0 Å². The fourth-order valence-corrected chi connectivity index (χ4v) is 2.39. The summed E-state index contributed by atoms with van der Waals surface area (Å²) in [5, 5.41) is 3.17. The van der Waals surface area contributed by atoms with Crippen LogP contribution in [0.5, 0.6) is 0 Å². The van der Waals surface area contributed by atoms with Gasteiger partial charge in [0.25, 0.3) is 0 Å². The number of hydrogen-bond acceptors (Lipinski definition) is 4. The minimum atomic E-state index is -0.109. The van der Waals surface area contributed by atoms with Gasteiger partial charge in [-0.05, 0) is 19.8 Å². The highest BCUT2D eigenvalue weighted by molar-refractivity contribution is 6.30.